The highest BCUT2D eigenvalue weighted by atomic mass is 16.4. The van der Waals surface area contributed by atoms with Crippen molar-refractivity contribution < 1.29 is 9.90 Å². The molecular weight excluding hydrogens is 514 g/mol. The summed E-state index contributed by atoms with van der Waals surface area (Å²) in [6, 6.07) is 29.0. The van der Waals surface area contributed by atoms with Crippen LogP contribution >= 0.6 is 0 Å². The summed E-state index contributed by atoms with van der Waals surface area (Å²) in [4.78, 5) is 32.0. The topological polar surface area (TPSA) is 86.5 Å². The maximum absolute atomic E-state index is 13.1. The van der Waals surface area contributed by atoms with Gasteiger partial charge in [0.05, 0.1) is 11.0 Å². The van der Waals surface area contributed by atoms with Gasteiger partial charge in [0, 0.05) is 50.5 Å². The van der Waals surface area contributed by atoms with E-state index in [1.54, 1.807) is 0 Å². The molecule has 3 heterocycles. The van der Waals surface area contributed by atoms with Crippen molar-refractivity contribution in [3.05, 3.63) is 107 Å². The zero-order valence-corrected chi connectivity index (χ0v) is 23.4. The predicted molar refractivity (Wildman–Crippen MR) is 162 cm³/mol. The number of H-pyrrole nitrogens is 1. The van der Waals surface area contributed by atoms with Gasteiger partial charge in [-0.05, 0) is 66.9 Å². The number of aromatic nitrogens is 3. The Morgan fingerprint density at radius 2 is 1.71 bits per heavy atom. The van der Waals surface area contributed by atoms with Crippen molar-refractivity contribution in [3.63, 3.8) is 0 Å². The Kier molecular flexibility index (Phi) is 7.65. The number of amides is 1. The van der Waals surface area contributed by atoms with Gasteiger partial charge in [-0.15, -0.1) is 0 Å². The Morgan fingerprint density at radius 3 is 2.49 bits per heavy atom. The molecule has 0 radical (unpaired) electrons. The summed E-state index contributed by atoms with van der Waals surface area (Å²) in [5.74, 6) is 0.0490. The summed E-state index contributed by atoms with van der Waals surface area (Å²) in [5, 5.41) is 11.0. The molecular formula is C33H37N5O3. The third-order valence-electron chi connectivity index (χ3n) is 8.65. The van der Waals surface area contributed by atoms with Crippen molar-refractivity contribution in [2.45, 2.75) is 38.4 Å². The summed E-state index contributed by atoms with van der Waals surface area (Å²) in [6.07, 6.45) is 1.48. The zero-order chi connectivity index (χ0) is 28.3. The quantitative estimate of drug-likeness (QED) is 0.241. The van der Waals surface area contributed by atoms with Crippen LogP contribution in [0.4, 0.5) is 4.79 Å². The van der Waals surface area contributed by atoms with E-state index in [9.17, 15) is 14.7 Å². The van der Waals surface area contributed by atoms with Crippen LogP contribution < -0.4 is 5.69 Å². The number of nitrogens with one attached hydrogen (secondary N) is 1. The monoisotopic (exact) mass is 551 g/mol. The summed E-state index contributed by atoms with van der Waals surface area (Å²) in [6.45, 7) is 3.39. The van der Waals surface area contributed by atoms with Crippen LogP contribution in [0, 0.1) is 5.92 Å². The number of likely N-dealkylation sites (tertiary alicyclic amines) is 1. The maximum Gasteiger partial charge on any atom is 0.407 e. The molecule has 2 N–H and O–H groups in total. The molecule has 1 amide bonds. The number of hydrogen-bond acceptors (Lipinski definition) is 3. The minimum Gasteiger partial charge on any atom is -0.465 e. The van der Waals surface area contributed by atoms with Gasteiger partial charge in [-0.2, -0.15) is 0 Å². The van der Waals surface area contributed by atoms with Crippen LogP contribution in [-0.4, -0.2) is 54.8 Å². The second-order valence-electron chi connectivity index (χ2n) is 11.3. The van der Waals surface area contributed by atoms with Gasteiger partial charge in [-0.3, -0.25) is 9.47 Å². The zero-order valence-electron chi connectivity index (χ0n) is 23.4. The number of carbonyl (C=O) groups is 1. The lowest BCUT2D eigenvalue weighted by molar-refractivity contribution is 0.0932. The van der Waals surface area contributed by atoms with Gasteiger partial charge in [0.25, 0.3) is 0 Å². The van der Waals surface area contributed by atoms with Crippen molar-refractivity contribution in [2.75, 3.05) is 19.6 Å². The van der Waals surface area contributed by atoms with E-state index in [1.807, 2.05) is 34.9 Å². The molecule has 2 atom stereocenters. The number of piperidine rings is 1. The Hall–Kier alpha value is -4.30. The average Bonchev–Trinajstić information content (AvgIpc) is 3.48. The van der Waals surface area contributed by atoms with Gasteiger partial charge >= 0.3 is 11.8 Å². The van der Waals surface area contributed by atoms with Crippen LogP contribution in [0.25, 0.3) is 21.9 Å². The van der Waals surface area contributed by atoms with E-state index in [0.717, 1.165) is 43.5 Å². The van der Waals surface area contributed by atoms with Crippen molar-refractivity contribution in [1.82, 2.24) is 23.9 Å². The molecule has 0 aliphatic carbocycles. The van der Waals surface area contributed by atoms with E-state index in [2.05, 4.69) is 76.1 Å². The normalized spacial score (nSPS) is 17.6. The lowest BCUT2D eigenvalue weighted by Gasteiger charge is -2.38. The third kappa shape index (κ3) is 5.65. The van der Waals surface area contributed by atoms with Crippen LogP contribution in [0.15, 0.2) is 89.7 Å². The second-order valence-corrected chi connectivity index (χ2v) is 11.3. The Bertz CT molecular complexity index is 1700. The van der Waals surface area contributed by atoms with Gasteiger partial charge in [-0.1, -0.05) is 60.7 Å². The van der Waals surface area contributed by atoms with Crippen LogP contribution in [0.2, 0.25) is 0 Å². The van der Waals surface area contributed by atoms with Gasteiger partial charge < -0.3 is 19.6 Å². The first-order valence-electron chi connectivity index (χ1n) is 14.4. The van der Waals surface area contributed by atoms with E-state index < -0.39 is 6.09 Å². The number of aryl methyl sites for hydroxylation is 1. The number of carboxylic acid groups (broad SMARTS) is 1. The molecule has 1 saturated heterocycles. The highest BCUT2D eigenvalue weighted by Crippen LogP contribution is 2.33. The fourth-order valence-corrected chi connectivity index (χ4v) is 6.58. The molecule has 0 bridgehead atoms. The molecule has 1 aliphatic rings. The standard InChI is InChI=1S/C33H37N5O3/c1-35-27(20-25-12-5-7-15-29(25)35)23-36(21-24-10-3-2-4-11-24)18-9-13-26-22-37(33(40)41)19-17-30(26)38-31-16-8-6-14-28(31)34-32(38)39/h2-8,10-12,14-16,20,26,30H,9,13,17-19,21-23H2,1H3,(H,34,39)(H,40,41). The number of para-hydroxylation sites is 3. The summed E-state index contributed by atoms with van der Waals surface area (Å²) >= 11 is 0. The van der Waals surface area contributed by atoms with Gasteiger partial charge in [0.2, 0.25) is 0 Å². The molecule has 2 unspecified atom stereocenters. The fourth-order valence-electron chi connectivity index (χ4n) is 6.58. The van der Waals surface area contributed by atoms with Crippen molar-refractivity contribution in [3.8, 4) is 0 Å². The molecule has 1 aliphatic heterocycles. The van der Waals surface area contributed by atoms with Crippen molar-refractivity contribution in [1.29, 1.82) is 0 Å². The third-order valence-corrected chi connectivity index (χ3v) is 8.65. The Labute approximate surface area is 239 Å². The van der Waals surface area contributed by atoms with Crippen LogP contribution in [0.1, 0.15) is 36.6 Å². The lowest BCUT2D eigenvalue weighted by Crippen LogP contribution is -2.45. The number of rotatable bonds is 9. The lowest BCUT2D eigenvalue weighted by atomic mass is 9.87. The first-order valence-corrected chi connectivity index (χ1v) is 14.4. The predicted octanol–water partition coefficient (Wildman–Crippen LogP) is 5.84. The molecule has 8 heteroatoms. The highest BCUT2D eigenvalue weighted by Gasteiger charge is 2.34. The van der Waals surface area contributed by atoms with Crippen molar-refractivity contribution >= 4 is 28.0 Å². The van der Waals surface area contributed by atoms with Crippen LogP contribution in [0.5, 0.6) is 0 Å². The minimum atomic E-state index is -0.888. The molecule has 5 aromatic rings. The van der Waals surface area contributed by atoms with Gasteiger partial charge in [0.1, 0.15) is 0 Å². The highest BCUT2D eigenvalue weighted by molar-refractivity contribution is 5.81. The van der Waals surface area contributed by atoms with E-state index in [1.165, 1.54) is 27.1 Å². The van der Waals surface area contributed by atoms with Crippen molar-refractivity contribution in [2.24, 2.45) is 13.0 Å². The SMILES string of the molecule is Cn1c(CN(CCCC2CN(C(=O)O)CCC2n2c(=O)[nH]c3ccccc32)Cc2ccccc2)cc2ccccc21. The van der Waals surface area contributed by atoms with E-state index in [0.29, 0.717) is 19.5 Å². The van der Waals surface area contributed by atoms with E-state index in [4.69, 9.17) is 0 Å². The Morgan fingerprint density at radius 1 is 0.976 bits per heavy atom. The van der Waals surface area contributed by atoms with E-state index >= 15 is 0 Å². The molecule has 3 aromatic carbocycles. The summed E-state index contributed by atoms with van der Waals surface area (Å²) < 4.78 is 4.15. The van der Waals surface area contributed by atoms with Crippen LogP contribution in [0.3, 0.4) is 0 Å². The summed E-state index contributed by atoms with van der Waals surface area (Å²) in [5.41, 5.74) is 5.35. The molecule has 6 rings (SSSR count). The molecule has 0 saturated carbocycles. The van der Waals surface area contributed by atoms with Gasteiger partial charge in [0.15, 0.2) is 0 Å². The number of imidazole rings is 1. The molecule has 212 valence electrons. The molecule has 2 aromatic heterocycles. The van der Waals surface area contributed by atoms with Gasteiger partial charge in [-0.25, -0.2) is 9.59 Å². The first kappa shape index (κ1) is 26.9. The first-order chi connectivity index (χ1) is 20.0. The number of fused-ring (bicyclic) bond motifs is 2. The molecule has 8 nitrogen and oxygen atoms in total. The fraction of sp³-hybridized carbons (Fsp3) is 0.333. The summed E-state index contributed by atoms with van der Waals surface area (Å²) in [7, 11) is 2.13. The van der Waals surface area contributed by atoms with Crippen LogP contribution in [-0.2, 0) is 20.1 Å². The Balaban J connectivity index is 1.22. The molecule has 0 spiro atoms. The number of aromatic amines is 1. The molecule has 1 fully saturated rings. The maximum atomic E-state index is 13.1. The molecule has 41 heavy (non-hydrogen) atoms. The second kappa shape index (κ2) is 11.7. The van der Waals surface area contributed by atoms with E-state index in [-0.39, 0.29) is 17.6 Å². The number of nitrogens with zero attached hydrogens (tertiary/aromatic N) is 4. The smallest absolute Gasteiger partial charge is 0.407 e. The average molecular weight is 552 g/mol. The largest absolute Gasteiger partial charge is 0.465 e. The minimum absolute atomic E-state index is 0.0463. The number of benzene rings is 3. The number of hydrogen-bond donors (Lipinski definition) is 2.